The fourth-order valence-corrected chi connectivity index (χ4v) is 2.20. The number of nitrogens with zero attached hydrogens (tertiary/aromatic N) is 1. The summed E-state index contributed by atoms with van der Waals surface area (Å²) in [5.41, 5.74) is 2.28. The quantitative estimate of drug-likeness (QED) is 0.715. The summed E-state index contributed by atoms with van der Waals surface area (Å²) in [5, 5.41) is 3.46. The number of benzene rings is 1. The van der Waals surface area contributed by atoms with Crippen molar-refractivity contribution in [2.45, 2.75) is 33.4 Å². The van der Waals surface area contributed by atoms with Crippen molar-refractivity contribution in [1.29, 1.82) is 0 Å². The van der Waals surface area contributed by atoms with E-state index in [4.69, 9.17) is 9.47 Å². The van der Waals surface area contributed by atoms with Gasteiger partial charge >= 0.3 is 0 Å². The molecule has 0 fully saturated rings. The Balaban J connectivity index is 1.91. The SMILES string of the molecule is COc1cc(CNCCC(C)C)ccc1OCc1ccncc1. The molecule has 23 heavy (non-hydrogen) atoms. The molecule has 0 amide bonds. The number of hydrogen-bond acceptors (Lipinski definition) is 4. The van der Waals surface area contributed by atoms with Crippen molar-refractivity contribution >= 4 is 0 Å². The molecule has 0 saturated carbocycles. The van der Waals surface area contributed by atoms with Crippen molar-refractivity contribution in [1.82, 2.24) is 10.3 Å². The lowest BCUT2D eigenvalue weighted by molar-refractivity contribution is 0.284. The largest absolute Gasteiger partial charge is 0.493 e. The van der Waals surface area contributed by atoms with Gasteiger partial charge in [-0.15, -0.1) is 0 Å². The van der Waals surface area contributed by atoms with E-state index in [2.05, 4.69) is 30.2 Å². The van der Waals surface area contributed by atoms with Crippen LogP contribution in [0.25, 0.3) is 0 Å². The maximum absolute atomic E-state index is 5.85. The Hall–Kier alpha value is -2.07. The Morgan fingerprint density at radius 3 is 2.52 bits per heavy atom. The molecule has 1 N–H and O–H groups in total. The van der Waals surface area contributed by atoms with Gasteiger partial charge in [0.2, 0.25) is 0 Å². The second-order valence-corrected chi connectivity index (χ2v) is 5.99. The molecule has 2 aromatic rings. The molecule has 1 aromatic carbocycles. The average Bonchev–Trinajstić information content (AvgIpc) is 2.58. The van der Waals surface area contributed by atoms with Crippen LogP contribution in [0.15, 0.2) is 42.7 Å². The van der Waals surface area contributed by atoms with Crippen molar-refractivity contribution in [3.8, 4) is 11.5 Å². The minimum atomic E-state index is 0.505. The molecule has 0 aliphatic heterocycles. The van der Waals surface area contributed by atoms with Crippen LogP contribution in [-0.4, -0.2) is 18.6 Å². The zero-order valence-electron chi connectivity index (χ0n) is 14.2. The van der Waals surface area contributed by atoms with Gasteiger partial charge < -0.3 is 14.8 Å². The van der Waals surface area contributed by atoms with Crippen LogP contribution in [0.4, 0.5) is 0 Å². The second kappa shape index (κ2) is 9.16. The van der Waals surface area contributed by atoms with Crippen LogP contribution < -0.4 is 14.8 Å². The molecule has 0 aliphatic carbocycles. The summed E-state index contributed by atoms with van der Waals surface area (Å²) in [6, 6.07) is 9.97. The molecule has 0 unspecified atom stereocenters. The first kappa shape index (κ1) is 17.3. The molecule has 4 heteroatoms. The maximum atomic E-state index is 5.85. The van der Waals surface area contributed by atoms with Gasteiger partial charge in [-0.2, -0.15) is 0 Å². The van der Waals surface area contributed by atoms with Crippen LogP contribution >= 0.6 is 0 Å². The molecule has 0 bridgehead atoms. The van der Waals surface area contributed by atoms with Gasteiger partial charge in [0.05, 0.1) is 7.11 Å². The summed E-state index contributed by atoms with van der Waals surface area (Å²) in [4.78, 5) is 4.00. The van der Waals surface area contributed by atoms with Crippen LogP contribution in [0, 0.1) is 5.92 Å². The Morgan fingerprint density at radius 1 is 1.04 bits per heavy atom. The van der Waals surface area contributed by atoms with Gasteiger partial charge in [0.25, 0.3) is 0 Å². The van der Waals surface area contributed by atoms with Crippen LogP contribution in [0.5, 0.6) is 11.5 Å². The predicted molar refractivity (Wildman–Crippen MR) is 92.7 cm³/mol. The fraction of sp³-hybridized carbons (Fsp3) is 0.421. The van der Waals surface area contributed by atoms with Gasteiger partial charge in [0, 0.05) is 18.9 Å². The summed E-state index contributed by atoms with van der Waals surface area (Å²) in [6.45, 7) is 6.85. The minimum absolute atomic E-state index is 0.505. The lowest BCUT2D eigenvalue weighted by atomic mass is 10.1. The van der Waals surface area contributed by atoms with Gasteiger partial charge in [-0.3, -0.25) is 4.98 Å². The third-order valence-corrected chi connectivity index (χ3v) is 3.60. The van der Waals surface area contributed by atoms with E-state index in [0.29, 0.717) is 6.61 Å². The Kier molecular flexibility index (Phi) is 6.88. The summed E-state index contributed by atoms with van der Waals surface area (Å²) in [7, 11) is 1.67. The number of methoxy groups -OCH3 is 1. The van der Waals surface area contributed by atoms with Crippen LogP contribution in [-0.2, 0) is 13.2 Å². The molecule has 0 radical (unpaired) electrons. The van der Waals surface area contributed by atoms with Crippen molar-refractivity contribution in [3.05, 3.63) is 53.9 Å². The van der Waals surface area contributed by atoms with Gasteiger partial charge in [-0.1, -0.05) is 19.9 Å². The van der Waals surface area contributed by atoms with E-state index in [9.17, 15) is 0 Å². The van der Waals surface area contributed by atoms with E-state index in [1.54, 1.807) is 19.5 Å². The average molecular weight is 314 g/mol. The summed E-state index contributed by atoms with van der Waals surface area (Å²) in [6.07, 6.45) is 4.72. The number of hydrogen-bond donors (Lipinski definition) is 1. The summed E-state index contributed by atoms with van der Waals surface area (Å²) in [5.74, 6) is 2.25. The highest BCUT2D eigenvalue weighted by Gasteiger charge is 2.06. The first-order valence-corrected chi connectivity index (χ1v) is 8.08. The third-order valence-electron chi connectivity index (χ3n) is 3.60. The zero-order valence-corrected chi connectivity index (χ0v) is 14.2. The lowest BCUT2D eigenvalue weighted by Crippen LogP contribution is -2.16. The monoisotopic (exact) mass is 314 g/mol. The predicted octanol–water partition coefficient (Wildman–Crippen LogP) is 3.80. The number of aromatic nitrogens is 1. The van der Waals surface area contributed by atoms with Gasteiger partial charge in [0.15, 0.2) is 11.5 Å². The van der Waals surface area contributed by atoms with Crippen LogP contribution in [0.2, 0.25) is 0 Å². The van der Waals surface area contributed by atoms with E-state index in [0.717, 1.165) is 36.1 Å². The van der Waals surface area contributed by atoms with E-state index < -0.39 is 0 Å². The minimum Gasteiger partial charge on any atom is -0.493 e. The molecule has 124 valence electrons. The smallest absolute Gasteiger partial charge is 0.161 e. The van der Waals surface area contributed by atoms with Gasteiger partial charge in [-0.25, -0.2) is 0 Å². The third kappa shape index (κ3) is 5.91. The number of nitrogens with one attached hydrogen (secondary N) is 1. The van der Waals surface area contributed by atoms with E-state index in [1.165, 1.54) is 12.0 Å². The van der Waals surface area contributed by atoms with Gasteiger partial charge in [-0.05, 0) is 54.3 Å². The standard InChI is InChI=1S/C19H26N2O2/c1-15(2)6-9-21-13-17-4-5-18(19(12-17)22-3)23-14-16-7-10-20-11-8-16/h4-5,7-8,10-12,15,21H,6,9,13-14H2,1-3H3. The molecule has 0 spiro atoms. The number of ether oxygens (including phenoxy) is 2. The zero-order chi connectivity index (χ0) is 16.5. The Labute approximate surface area is 138 Å². The Morgan fingerprint density at radius 2 is 1.83 bits per heavy atom. The molecule has 0 saturated heterocycles. The highest BCUT2D eigenvalue weighted by molar-refractivity contribution is 5.43. The van der Waals surface area contributed by atoms with E-state index in [1.807, 2.05) is 24.3 Å². The van der Waals surface area contributed by atoms with Crippen molar-refractivity contribution in [2.75, 3.05) is 13.7 Å². The normalized spacial score (nSPS) is 10.8. The van der Waals surface area contributed by atoms with E-state index >= 15 is 0 Å². The first-order valence-electron chi connectivity index (χ1n) is 8.08. The lowest BCUT2D eigenvalue weighted by Gasteiger charge is -2.13. The van der Waals surface area contributed by atoms with Crippen LogP contribution in [0.3, 0.4) is 0 Å². The molecular weight excluding hydrogens is 288 g/mol. The highest BCUT2D eigenvalue weighted by atomic mass is 16.5. The number of rotatable bonds is 9. The molecular formula is C19H26N2O2. The maximum Gasteiger partial charge on any atom is 0.161 e. The van der Waals surface area contributed by atoms with Gasteiger partial charge in [0.1, 0.15) is 6.61 Å². The molecule has 0 atom stereocenters. The summed E-state index contributed by atoms with van der Waals surface area (Å²) < 4.78 is 11.3. The van der Waals surface area contributed by atoms with E-state index in [-0.39, 0.29) is 0 Å². The van der Waals surface area contributed by atoms with Crippen LogP contribution in [0.1, 0.15) is 31.4 Å². The highest BCUT2D eigenvalue weighted by Crippen LogP contribution is 2.28. The molecule has 4 nitrogen and oxygen atoms in total. The number of pyridine rings is 1. The van der Waals surface area contributed by atoms with Crippen molar-refractivity contribution in [2.24, 2.45) is 5.92 Å². The molecule has 1 aromatic heterocycles. The molecule has 1 heterocycles. The van der Waals surface area contributed by atoms with Crippen molar-refractivity contribution < 1.29 is 9.47 Å². The fourth-order valence-electron chi connectivity index (χ4n) is 2.20. The molecule has 0 aliphatic rings. The molecule has 2 rings (SSSR count). The van der Waals surface area contributed by atoms with Crippen molar-refractivity contribution in [3.63, 3.8) is 0 Å². The topological polar surface area (TPSA) is 43.4 Å². The Bertz CT molecular complexity index is 585. The second-order valence-electron chi connectivity index (χ2n) is 5.99. The summed E-state index contributed by atoms with van der Waals surface area (Å²) >= 11 is 0. The first-order chi connectivity index (χ1) is 11.2.